The molecule has 2 N–H and O–H groups in total. The Hall–Kier alpha value is -2.93. The van der Waals surface area contributed by atoms with Gasteiger partial charge in [0.1, 0.15) is 29.5 Å². The van der Waals surface area contributed by atoms with Gasteiger partial charge in [0.25, 0.3) is 0 Å². The van der Waals surface area contributed by atoms with E-state index in [1.165, 1.54) is 36.4 Å². The molecular weight excluding hydrogens is 393 g/mol. The van der Waals surface area contributed by atoms with Gasteiger partial charge in [-0.05, 0) is 42.3 Å². The van der Waals surface area contributed by atoms with Crippen molar-refractivity contribution in [3.8, 4) is 33.9 Å². The lowest BCUT2D eigenvalue weighted by Gasteiger charge is -2.11. The van der Waals surface area contributed by atoms with E-state index in [9.17, 15) is 18.3 Å². The minimum Gasteiger partial charge on any atom is -0.507 e. The number of aromatic amines is 1. The Morgan fingerprint density at radius 2 is 1.89 bits per heavy atom. The van der Waals surface area contributed by atoms with Gasteiger partial charge < -0.3 is 9.84 Å². The summed E-state index contributed by atoms with van der Waals surface area (Å²) in [4.78, 5) is 0. The lowest BCUT2D eigenvalue weighted by molar-refractivity contribution is -0.140. The minimum atomic E-state index is -4.65. The SMILES string of the molecule is C=C(C)COc1ccc(-c2n[nH]c(C(F)(F)F)c2-c2ccc(Cl)cc2)c(O)c1. The largest absolute Gasteiger partial charge is 0.507 e. The summed E-state index contributed by atoms with van der Waals surface area (Å²) in [6, 6.07) is 10.2. The number of aromatic nitrogens is 2. The van der Waals surface area contributed by atoms with Gasteiger partial charge in [-0.1, -0.05) is 30.3 Å². The number of phenols is 1. The molecule has 8 heteroatoms. The Kier molecular flexibility index (Phi) is 5.38. The van der Waals surface area contributed by atoms with Crippen molar-refractivity contribution < 1.29 is 23.0 Å². The zero-order chi connectivity index (χ0) is 20.5. The first-order chi connectivity index (χ1) is 13.2. The van der Waals surface area contributed by atoms with Gasteiger partial charge >= 0.3 is 6.18 Å². The molecule has 0 radical (unpaired) electrons. The molecule has 4 nitrogen and oxygen atoms in total. The molecule has 28 heavy (non-hydrogen) atoms. The number of alkyl halides is 3. The molecule has 0 aliphatic rings. The van der Waals surface area contributed by atoms with Gasteiger partial charge in [-0.2, -0.15) is 18.3 Å². The molecule has 0 spiro atoms. The van der Waals surface area contributed by atoms with Crippen molar-refractivity contribution in [3.63, 3.8) is 0 Å². The third-order valence-electron chi connectivity index (χ3n) is 3.89. The normalized spacial score (nSPS) is 11.5. The van der Waals surface area contributed by atoms with Crippen LogP contribution in [0.1, 0.15) is 12.6 Å². The molecule has 3 rings (SSSR count). The number of nitrogens with zero attached hydrogens (tertiary/aromatic N) is 1. The number of hydrogen-bond acceptors (Lipinski definition) is 3. The van der Waals surface area contributed by atoms with Gasteiger partial charge in [0.05, 0.1) is 0 Å². The molecule has 1 aromatic heterocycles. The number of halogens is 4. The first kappa shape index (κ1) is 19.8. The molecule has 0 saturated heterocycles. The fraction of sp³-hybridized carbons (Fsp3) is 0.150. The van der Waals surface area contributed by atoms with Crippen molar-refractivity contribution >= 4 is 11.6 Å². The van der Waals surface area contributed by atoms with Crippen molar-refractivity contribution in [2.75, 3.05) is 6.61 Å². The van der Waals surface area contributed by atoms with Crippen LogP contribution >= 0.6 is 11.6 Å². The predicted molar refractivity (Wildman–Crippen MR) is 101 cm³/mol. The van der Waals surface area contributed by atoms with Gasteiger partial charge in [0.15, 0.2) is 0 Å². The van der Waals surface area contributed by atoms with E-state index in [-0.39, 0.29) is 34.7 Å². The molecule has 0 fully saturated rings. The van der Waals surface area contributed by atoms with Crippen LogP contribution in [0.15, 0.2) is 54.6 Å². The Bertz CT molecular complexity index is 1010. The molecule has 1 heterocycles. The quantitative estimate of drug-likeness (QED) is 0.503. The summed E-state index contributed by atoms with van der Waals surface area (Å²) in [5.74, 6) is 0.110. The molecule has 0 bridgehead atoms. The van der Waals surface area contributed by atoms with Crippen LogP contribution in [0.4, 0.5) is 13.2 Å². The fourth-order valence-corrected chi connectivity index (χ4v) is 2.77. The van der Waals surface area contributed by atoms with Crippen LogP contribution in [-0.4, -0.2) is 21.9 Å². The van der Waals surface area contributed by atoms with Crippen molar-refractivity contribution in [3.05, 3.63) is 65.3 Å². The Morgan fingerprint density at radius 1 is 1.21 bits per heavy atom. The molecule has 146 valence electrons. The highest BCUT2D eigenvalue weighted by Gasteiger charge is 2.38. The maximum atomic E-state index is 13.5. The summed E-state index contributed by atoms with van der Waals surface area (Å²) in [5, 5.41) is 16.6. The van der Waals surface area contributed by atoms with Crippen LogP contribution in [0.5, 0.6) is 11.5 Å². The predicted octanol–water partition coefficient (Wildman–Crippen LogP) is 6.08. The van der Waals surface area contributed by atoms with Gasteiger partial charge in [-0.3, -0.25) is 5.10 Å². The van der Waals surface area contributed by atoms with E-state index >= 15 is 0 Å². The molecule has 0 aliphatic heterocycles. The molecule has 2 aromatic carbocycles. The van der Waals surface area contributed by atoms with E-state index in [0.717, 1.165) is 5.57 Å². The molecular formula is C20H16ClF3N2O2. The first-order valence-corrected chi connectivity index (χ1v) is 8.56. The molecule has 0 aliphatic carbocycles. The van der Waals surface area contributed by atoms with E-state index in [2.05, 4.69) is 11.7 Å². The van der Waals surface area contributed by atoms with Crippen molar-refractivity contribution in [2.24, 2.45) is 0 Å². The van der Waals surface area contributed by atoms with Gasteiger partial charge in [0.2, 0.25) is 0 Å². The van der Waals surface area contributed by atoms with Gasteiger partial charge in [-0.25, -0.2) is 0 Å². The van der Waals surface area contributed by atoms with Crippen LogP contribution < -0.4 is 4.74 Å². The smallest absolute Gasteiger partial charge is 0.433 e. The number of aromatic hydroxyl groups is 1. The van der Waals surface area contributed by atoms with Crippen LogP contribution in [-0.2, 0) is 6.18 Å². The number of nitrogens with one attached hydrogen (secondary N) is 1. The summed E-state index contributed by atoms with van der Waals surface area (Å²) in [7, 11) is 0. The van der Waals surface area contributed by atoms with Crippen molar-refractivity contribution in [1.29, 1.82) is 0 Å². The van der Waals surface area contributed by atoms with E-state index in [4.69, 9.17) is 16.3 Å². The number of phenolic OH excluding ortho intramolecular Hbond substituents is 1. The maximum Gasteiger partial charge on any atom is 0.433 e. The number of rotatable bonds is 5. The maximum absolute atomic E-state index is 13.5. The van der Waals surface area contributed by atoms with E-state index < -0.39 is 11.9 Å². The molecule has 3 aromatic rings. The van der Waals surface area contributed by atoms with Crippen LogP contribution in [0.25, 0.3) is 22.4 Å². The number of benzene rings is 2. The van der Waals surface area contributed by atoms with Crippen LogP contribution in [0.2, 0.25) is 5.02 Å². The molecule has 0 saturated carbocycles. The highest BCUT2D eigenvalue weighted by molar-refractivity contribution is 6.30. The van der Waals surface area contributed by atoms with Crippen molar-refractivity contribution in [2.45, 2.75) is 13.1 Å². The third kappa shape index (κ3) is 4.14. The topological polar surface area (TPSA) is 58.1 Å². The van der Waals surface area contributed by atoms with Crippen molar-refractivity contribution in [1.82, 2.24) is 10.2 Å². The molecule has 0 amide bonds. The minimum absolute atomic E-state index is 0.0291. The number of ether oxygens (including phenoxy) is 1. The van der Waals surface area contributed by atoms with Gasteiger partial charge in [0, 0.05) is 22.2 Å². The van der Waals surface area contributed by atoms with E-state index in [1.807, 2.05) is 5.10 Å². The Balaban J connectivity index is 2.11. The van der Waals surface area contributed by atoms with Crippen LogP contribution in [0, 0.1) is 0 Å². The Morgan fingerprint density at radius 3 is 2.46 bits per heavy atom. The summed E-state index contributed by atoms with van der Waals surface area (Å²) in [5.41, 5.74) is -0.0157. The second kappa shape index (κ2) is 7.59. The number of H-pyrrole nitrogens is 1. The van der Waals surface area contributed by atoms with Crippen LogP contribution in [0.3, 0.4) is 0 Å². The lowest BCUT2D eigenvalue weighted by Crippen LogP contribution is -2.07. The third-order valence-corrected chi connectivity index (χ3v) is 4.14. The fourth-order valence-electron chi connectivity index (χ4n) is 2.65. The zero-order valence-corrected chi connectivity index (χ0v) is 15.5. The molecule has 0 atom stereocenters. The summed E-state index contributed by atoms with van der Waals surface area (Å²) >= 11 is 5.85. The number of hydrogen-bond donors (Lipinski definition) is 2. The highest BCUT2D eigenvalue weighted by Crippen LogP contribution is 2.43. The molecule has 0 unspecified atom stereocenters. The van der Waals surface area contributed by atoms with E-state index in [0.29, 0.717) is 10.8 Å². The Labute approximate surface area is 164 Å². The lowest BCUT2D eigenvalue weighted by atomic mass is 9.98. The first-order valence-electron chi connectivity index (χ1n) is 8.19. The summed E-state index contributed by atoms with van der Waals surface area (Å²) < 4.78 is 45.9. The average Bonchev–Trinajstić information content (AvgIpc) is 3.06. The summed E-state index contributed by atoms with van der Waals surface area (Å²) in [6.07, 6.45) is -4.65. The second-order valence-electron chi connectivity index (χ2n) is 6.25. The summed E-state index contributed by atoms with van der Waals surface area (Å²) in [6.45, 7) is 5.76. The highest BCUT2D eigenvalue weighted by atomic mass is 35.5. The second-order valence-corrected chi connectivity index (χ2v) is 6.69. The standard InChI is InChI=1S/C20H16ClF3N2O2/c1-11(2)10-28-14-7-8-15(16(27)9-14)18-17(12-3-5-13(21)6-4-12)19(26-25-18)20(22,23)24/h3-9,27H,1,10H2,2H3,(H,25,26). The zero-order valence-electron chi connectivity index (χ0n) is 14.8. The average molecular weight is 409 g/mol. The monoisotopic (exact) mass is 408 g/mol. The van der Waals surface area contributed by atoms with Gasteiger partial charge in [-0.15, -0.1) is 0 Å². The van der Waals surface area contributed by atoms with E-state index in [1.54, 1.807) is 13.0 Å².